The van der Waals surface area contributed by atoms with Gasteiger partial charge >= 0.3 is 17.9 Å². The molecule has 6 unspecified atom stereocenters. The molecule has 1 N–H and O–H groups in total. The number of hydrogen-bond donors (Lipinski definition) is 1. The first kappa shape index (κ1) is 22.5. The van der Waals surface area contributed by atoms with Crippen molar-refractivity contribution < 1.29 is 33.7 Å². The standard InChI is InChI=1S/C23H32O7/c1-10(2)20(25)28-14-8-16(24)23(7)9-15-17(13(6)22(27)29-15)19(18(23)12(14)5)30-21(26)11(3)4/h10-11,14-17,19,24H,6,8-9H2,1-5,7H3. The maximum absolute atomic E-state index is 12.6. The average molecular weight is 421 g/mol. The van der Waals surface area contributed by atoms with Crippen LogP contribution in [-0.4, -0.2) is 47.4 Å². The second-order valence-corrected chi connectivity index (χ2v) is 9.56. The van der Waals surface area contributed by atoms with Gasteiger partial charge in [0.2, 0.25) is 0 Å². The Morgan fingerprint density at radius 2 is 1.73 bits per heavy atom. The summed E-state index contributed by atoms with van der Waals surface area (Å²) in [5, 5.41) is 11.1. The lowest BCUT2D eigenvalue weighted by atomic mass is 9.57. The molecule has 7 nitrogen and oxygen atoms in total. The van der Waals surface area contributed by atoms with E-state index in [-0.39, 0.29) is 29.8 Å². The van der Waals surface area contributed by atoms with Crippen LogP contribution in [0.15, 0.2) is 23.3 Å². The molecule has 2 fully saturated rings. The van der Waals surface area contributed by atoms with Crippen LogP contribution < -0.4 is 0 Å². The predicted octanol–water partition coefficient (Wildman–Crippen LogP) is 2.71. The van der Waals surface area contributed by atoms with Gasteiger partial charge in [-0.25, -0.2) is 4.79 Å². The van der Waals surface area contributed by atoms with E-state index in [4.69, 9.17) is 14.2 Å². The fraction of sp³-hybridized carbons (Fsp3) is 0.696. The summed E-state index contributed by atoms with van der Waals surface area (Å²) in [6, 6.07) is 0. The van der Waals surface area contributed by atoms with Gasteiger partial charge in [-0.15, -0.1) is 0 Å². The molecule has 3 rings (SSSR count). The summed E-state index contributed by atoms with van der Waals surface area (Å²) in [6.45, 7) is 14.6. The fourth-order valence-corrected chi connectivity index (χ4v) is 4.84. The van der Waals surface area contributed by atoms with E-state index in [1.165, 1.54) is 0 Å². The highest BCUT2D eigenvalue weighted by Crippen LogP contribution is 2.56. The van der Waals surface area contributed by atoms with Crippen molar-refractivity contribution in [2.75, 3.05) is 0 Å². The van der Waals surface area contributed by atoms with Gasteiger partial charge in [-0.1, -0.05) is 41.2 Å². The van der Waals surface area contributed by atoms with Gasteiger partial charge in [0.15, 0.2) is 0 Å². The van der Waals surface area contributed by atoms with Crippen molar-refractivity contribution in [3.8, 4) is 0 Å². The molecule has 1 saturated heterocycles. The molecular formula is C23H32O7. The van der Waals surface area contributed by atoms with Gasteiger partial charge in [0.25, 0.3) is 0 Å². The number of aliphatic hydroxyl groups excluding tert-OH is 1. The largest absolute Gasteiger partial charge is 0.458 e. The number of esters is 3. The molecule has 6 atom stereocenters. The van der Waals surface area contributed by atoms with Crippen LogP contribution >= 0.6 is 0 Å². The van der Waals surface area contributed by atoms with Crippen LogP contribution in [0.2, 0.25) is 0 Å². The van der Waals surface area contributed by atoms with Crippen molar-refractivity contribution in [3.63, 3.8) is 0 Å². The highest BCUT2D eigenvalue weighted by atomic mass is 16.6. The number of ether oxygens (including phenoxy) is 3. The lowest BCUT2D eigenvalue weighted by Crippen LogP contribution is -2.56. The molecule has 30 heavy (non-hydrogen) atoms. The topological polar surface area (TPSA) is 99.1 Å². The van der Waals surface area contributed by atoms with E-state index in [1.54, 1.807) is 27.7 Å². The van der Waals surface area contributed by atoms with Crippen LogP contribution in [0, 0.1) is 23.2 Å². The quantitative estimate of drug-likeness (QED) is 0.323. The Balaban J connectivity index is 2.10. The minimum atomic E-state index is -0.852. The molecule has 7 heteroatoms. The summed E-state index contributed by atoms with van der Waals surface area (Å²) in [5.41, 5.74) is 0.944. The third kappa shape index (κ3) is 3.57. The Bertz CT molecular complexity index is 808. The Hall–Kier alpha value is -2.15. The molecule has 3 aliphatic rings. The number of carbonyl (C=O) groups excluding carboxylic acids is 3. The maximum atomic E-state index is 12.6. The first-order valence-electron chi connectivity index (χ1n) is 10.6. The van der Waals surface area contributed by atoms with Crippen LogP contribution in [0.3, 0.4) is 0 Å². The van der Waals surface area contributed by atoms with Crippen LogP contribution in [0.4, 0.5) is 0 Å². The summed E-state index contributed by atoms with van der Waals surface area (Å²) in [6.07, 6.45) is -2.19. The molecule has 0 aromatic heterocycles. The van der Waals surface area contributed by atoms with Crippen molar-refractivity contribution in [2.45, 2.75) is 78.8 Å². The first-order chi connectivity index (χ1) is 13.9. The zero-order valence-corrected chi connectivity index (χ0v) is 18.6. The molecule has 1 saturated carbocycles. The molecule has 0 aromatic carbocycles. The molecule has 0 amide bonds. The molecule has 0 spiro atoms. The van der Waals surface area contributed by atoms with E-state index in [0.717, 1.165) is 5.57 Å². The van der Waals surface area contributed by atoms with Crippen molar-refractivity contribution in [1.82, 2.24) is 0 Å². The van der Waals surface area contributed by atoms with Crippen molar-refractivity contribution in [1.29, 1.82) is 0 Å². The van der Waals surface area contributed by atoms with Gasteiger partial charge in [-0.05, 0) is 24.5 Å². The zero-order chi connectivity index (χ0) is 22.5. The van der Waals surface area contributed by atoms with E-state index >= 15 is 0 Å². The number of carbonyl (C=O) groups is 3. The second-order valence-electron chi connectivity index (χ2n) is 9.56. The highest BCUT2D eigenvalue weighted by Gasteiger charge is 2.60. The summed E-state index contributed by atoms with van der Waals surface area (Å²) < 4.78 is 17.1. The van der Waals surface area contributed by atoms with Gasteiger partial charge in [0.05, 0.1) is 23.9 Å². The predicted molar refractivity (Wildman–Crippen MR) is 108 cm³/mol. The fourth-order valence-electron chi connectivity index (χ4n) is 4.84. The Morgan fingerprint density at radius 1 is 1.17 bits per heavy atom. The molecule has 1 heterocycles. The Kier molecular flexibility index (Phi) is 5.89. The van der Waals surface area contributed by atoms with Crippen LogP contribution in [0.5, 0.6) is 0 Å². The lowest BCUT2D eigenvalue weighted by Gasteiger charge is -2.52. The Morgan fingerprint density at radius 3 is 2.30 bits per heavy atom. The molecular weight excluding hydrogens is 388 g/mol. The lowest BCUT2D eigenvalue weighted by molar-refractivity contribution is -0.165. The van der Waals surface area contributed by atoms with Crippen molar-refractivity contribution in [2.24, 2.45) is 23.2 Å². The molecule has 2 aliphatic carbocycles. The molecule has 1 aliphatic heterocycles. The number of aliphatic hydroxyl groups is 1. The smallest absolute Gasteiger partial charge is 0.334 e. The monoisotopic (exact) mass is 420 g/mol. The van der Waals surface area contributed by atoms with Crippen LogP contribution in [-0.2, 0) is 28.6 Å². The van der Waals surface area contributed by atoms with E-state index in [2.05, 4.69) is 6.58 Å². The van der Waals surface area contributed by atoms with Gasteiger partial charge in [0.1, 0.15) is 18.3 Å². The maximum Gasteiger partial charge on any atom is 0.334 e. The normalized spacial score (nSPS) is 35.8. The van der Waals surface area contributed by atoms with Crippen molar-refractivity contribution in [3.05, 3.63) is 23.3 Å². The number of hydrogen-bond acceptors (Lipinski definition) is 7. The van der Waals surface area contributed by atoms with Gasteiger partial charge in [0, 0.05) is 17.4 Å². The third-order valence-corrected chi connectivity index (χ3v) is 6.70. The molecule has 166 valence electrons. The summed E-state index contributed by atoms with van der Waals surface area (Å²) >= 11 is 0. The van der Waals surface area contributed by atoms with E-state index in [0.29, 0.717) is 12.0 Å². The molecule has 0 aromatic rings. The van der Waals surface area contributed by atoms with Gasteiger partial charge in [-0.3, -0.25) is 9.59 Å². The SMILES string of the molecule is C=C1C(=O)OC2CC3(C)C(=C(C)C(OC(=O)C(C)C)CC3O)C(OC(=O)C(C)C)C12. The minimum Gasteiger partial charge on any atom is -0.458 e. The number of rotatable bonds is 4. The molecule has 0 radical (unpaired) electrons. The summed E-state index contributed by atoms with van der Waals surface area (Å²) in [5.74, 6) is -2.47. The first-order valence-corrected chi connectivity index (χ1v) is 10.6. The summed E-state index contributed by atoms with van der Waals surface area (Å²) in [4.78, 5) is 37.0. The van der Waals surface area contributed by atoms with E-state index in [1.807, 2.05) is 13.8 Å². The number of fused-ring (bicyclic) bond motifs is 2. The summed E-state index contributed by atoms with van der Waals surface area (Å²) in [7, 11) is 0. The Labute approximate surface area is 177 Å². The second kappa shape index (κ2) is 7.84. The highest BCUT2D eigenvalue weighted by molar-refractivity contribution is 5.91. The van der Waals surface area contributed by atoms with Crippen molar-refractivity contribution >= 4 is 17.9 Å². The third-order valence-electron chi connectivity index (χ3n) is 6.70. The van der Waals surface area contributed by atoms with Gasteiger partial charge in [-0.2, -0.15) is 0 Å². The van der Waals surface area contributed by atoms with Gasteiger partial charge < -0.3 is 19.3 Å². The average Bonchev–Trinajstić information content (AvgIpc) is 2.92. The zero-order valence-electron chi connectivity index (χ0n) is 18.6. The van der Waals surface area contributed by atoms with Crippen LogP contribution in [0.25, 0.3) is 0 Å². The van der Waals surface area contributed by atoms with E-state index < -0.39 is 47.7 Å². The molecule has 0 bridgehead atoms. The minimum absolute atomic E-state index is 0.238. The van der Waals surface area contributed by atoms with E-state index in [9.17, 15) is 19.5 Å². The van der Waals surface area contributed by atoms with Crippen LogP contribution in [0.1, 0.15) is 54.4 Å².